The number of hydrogen-bond acceptors (Lipinski definition) is 3. The minimum absolute atomic E-state index is 0.0396. The summed E-state index contributed by atoms with van der Waals surface area (Å²) in [6, 6.07) is 14.5. The van der Waals surface area contributed by atoms with Crippen LogP contribution < -0.4 is 9.80 Å². The van der Waals surface area contributed by atoms with E-state index >= 15 is 0 Å². The van der Waals surface area contributed by atoms with E-state index < -0.39 is 0 Å². The van der Waals surface area contributed by atoms with E-state index in [0.717, 1.165) is 50.0 Å². The Hall–Kier alpha value is -3.35. The van der Waals surface area contributed by atoms with Crippen molar-refractivity contribution < 1.29 is 9.18 Å². The number of fused-ring (bicyclic) bond motifs is 1. The lowest BCUT2D eigenvalue weighted by molar-refractivity contribution is 0.132. The van der Waals surface area contributed by atoms with Crippen LogP contribution in [0, 0.1) is 12.7 Å². The predicted octanol–water partition coefficient (Wildman–Crippen LogP) is 6.72. The second kappa shape index (κ2) is 9.14. The summed E-state index contributed by atoms with van der Waals surface area (Å²) in [5.41, 5.74) is 6.43. The molecule has 3 fully saturated rings. The maximum atomic E-state index is 14.7. The number of carbonyl (C=O) groups excluding carboxylic acids is 1. The molecule has 198 valence electrons. The Morgan fingerprint density at radius 2 is 1.71 bits per heavy atom. The van der Waals surface area contributed by atoms with E-state index in [2.05, 4.69) is 45.7 Å². The topological polar surface area (TPSA) is 44.6 Å². The molecule has 0 spiro atoms. The van der Waals surface area contributed by atoms with Gasteiger partial charge in [-0.1, -0.05) is 36.4 Å². The van der Waals surface area contributed by atoms with Gasteiger partial charge in [0.15, 0.2) is 0 Å². The van der Waals surface area contributed by atoms with Crippen LogP contribution in [0.2, 0.25) is 0 Å². The Bertz CT molecular complexity index is 1350. The van der Waals surface area contributed by atoms with E-state index in [9.17, 15) is 9.18 Å². The lowest BCUT2D eigenvalue weighted by Gasteiger charge is -2.47. The first-order valence-corrected chi connectivity index (χ1v) is 14.3. The summed E-state index contributed by atoms with van der Waals surface area (Å²) in [5, 5.41) is 4.80. The molecule has 1 aromatic heterocycles. The molecule has 1 unspecified atom stereocenters. The molecule has 2 aliphatic heterocycles. The number of benzene rings is 2. The highest BCUT2D eigenvalue weighted by Crippen LogP contribution is 2.46. The second-order valence-corrected chi connectivity index (χ2v) is 11.6. The average molecular weight is 514 g/mol. The highest BCUT2D eigenvalue weighted by molar-refractivity contribution is 5.95. The van der Waals surface area contributed by atoms with Crippen LogP contribution in [0.25, 0.3) is 0 Å². The number of aromatic nitrogens is 2. The summed E-state index contributed by atoms with van der Waals surface area (Å²) in [6.45, 7) is 6.19. The van der Waals surface area contributed by atoms with E-state index in [1.54, 1.807) is 12.1 Å². The monoisotopic (exact) mass is 513 g/mol. The van der Waals surface area contributed by atoms with Gasteiger partial charge in [0, 0.05) is 19.1 Å². The molecule has 38 heavy (non-hydrogen) atoms. The zero-order valence-electron chi connectivity index (χ0n) is 22.3. The Morgan fingerprint density at radius 3 is 2.42 bits per heavy atom. The van der Waals surface area contributed by atoms with Gasteiger partial charge in [0.1, 0.15) is 5.82 Å². The highest BCUT2D eigenvalue weighted by Gasteiger charge is 2.44. The zero-order valence-corrected chi connectivity index (χ0v) is 22.3. The van der Waals surface area contributed by atoms with Gasteiger partial charge in [0.2, 0.25) is 0 Å². The molecular weight excluding hydrogens is 477 g/mol. The number of piperidine rings is 1. The van der Waals surface area contributed by atoms with Gasteiger partial charge in [-0.15, -0.1) is 0 Å². The van der Waals surface area contributed by atoms with Crippen LogP contribution in [0.1, 0.15) is 85.8 Å². The minimum atomic E-state index is -0.163. The van der Waals surface area contributed by atoms with Gasteiger partial charge in [0.05, 0.1) is 41.9 Å². The van der Waals surface area contributed by atoms with Crippen molar-refractivity contribution in [2.24, 2.45) is 0 Å². The molecule has 7 heteroatoms. The molecule has 0 bridgehead atoms. The molecular formula is C31H36FN5O. The van der Waals surface area contributed by atoms with Gasteiger partial charge in [0.25, 0.3) is 0 Å². The fourth-order valence-corrected chi connectivity index (χ4v) is 6.78. The van der Waals surface area contributed by atoms with E-state index in [1.807, 2.05) is 24.1 Å². The highest BCUT2D eigenvalue weighted by atomic mass is 19.1. The Morgan fingerprint density at radius 1 is 0.947 bits per heavy atom. The summed E-state index contributed by atoms with van der Waals surface area (Å²) < 4.78 is 16.9. The van der Waals surface area contributed by atoms with Crippen molar-refractivity contribution in [3.8, 4) is 0 Å². The zero-order chi connectivity index (χ0) is 26.0. The maximum absolute atomic E-state index is 14.7. The lowest BCUT2D eigenvalue weighted by atomic mass is 9.97. The van der Waals surface area contributed by atoms with E-state index in [0.29, 0.717) is 24.2 Å². The third-order valence-electron chi connectivity index (χ3n) is 9.03. The number of para-hydroxylation sites is 1. The van der Waals surface area contributed by atoms with Gasteiger partial charge >= 0.3 is 6.03 Å². The normalized spacial score (nSPS) is 22.2. The van der Waals surface area contributed by atoms with Crippen molar-refractivity contribution in [2.75, 3.05) is 22.9 Å². The molecule has 2 amide bonds. The van der Waals surface area contributed by atoms with E-state index in [1.165, 1.54) is 29.7 Å². The van der Waals surface area contributed by atoms with Crippen LogP contribution in [0.5, 0.6) is 0 Å². The van der Waals surface area contributed by atoms with Gasteiger partial charge in [-0.2, -0.15) is 5.10 Å². The summed E-state index contributed by atoms with van der Waals surface area (Å²) in [5.74, 6) is 0.463. The lowest BCUT2D eigenvalue weighted by Crippen LogP contribution is -2.55. The fraction of sp³-hybridized carbons (Fsp3) is 0.484. The summed E-state index contributed by atoms with van der Waals surface area (Å²) in [4.78, 5) is 20.6. The molecule has 4 aliphatic rings. The van der Waals surface area contributed by atoms with Crippen LogP contribution in [-0.4, -0.2) is 39.8 Å². The molecule has 2 aliphatic carbocycles. The predicted molar refractivity (Wildman–Crippen MR) is 147 cm³/mol. The fourth-order valence-electron chi connectivity index (χ4n) is 6.78. The van der Waals surface area contributed by atoms with Crippen LogP contribution >= 0.6 is 0 Å². The summed E-state index contributed by atoms with van der Waals surface area (Å²) in [6.07, 6.45) is 8.34. The molecule has 1 saturated heterocycles. The van der Waals surface area contributed by atoms with Crippen LogP contribution in [-0.2, 0) is 6.54 Å². The Balaban J connectivity index is 1.19. The van der Waals surface area contributed by atoms with Crippen molar-refractivity contribution in [2.45, 2.75) is 83.0 Å². The third-order valence-corrected chi connectivity index (χ3v) is 9.03. The van der Waals surface area contributed by atoms with Crippen molar-refractivity contribution in [1.29, 1.82) is 0 Å². The maximum Gasteiger partial charge on any atom is 0.325 e. The Kier molecular flexibility index (Phi) is 5.71. The number of urea groups is 1. The smallest absolute Gasteiger partial charge is 0.325 e. The third kappa shape index (κ3) is 3.98. The van der Waals surface area contributed by atoms with E-state index in [-0.39, 0.29) is 23.9 Å². The molecule has 2 aromatic carbocycles. The summed E-state index contributed by atoms with van der Waals surface area (Å²) in [7, 11) is 0. The van der Waals surface area contributed by atoms with Gasteiger partial charge < -0.3 is 9.80 Å². The molecule has 0 N–H and O–H groups in total. The van der Waals surface area contributed by atoms with Crippen LogP contribution in [0.4, 0.5) is 20.6 Å². The van der Waals surface area contributed by atoms with Crippen molar-refractivity contribution in [1.82, 2.24) is 14.7 Å². The number of carbonyl (C=O) groups is 1. The molecule has 2 saturated carbocycles. The van der Waals surface area contributed by atoms with Gasteiger partial charge in [-0.05, 0) is 81.0 Å². The Labute approximate surface area is 224 Å². The van der Waals surface area contributed by atoms with Crippen molar-refractivity contribution in [3.05, 3.63) is 76.9 Å². The molecule has 3 heterocycles. The first-order chi connectivity index (χ1) is 18.5. The van der Waals surface area contributed by atoms with Crippen LogP contribution in [0.15, 0.2) is 48.7 Å². The number of halogens is 1. The van der Waals surface area contributed by atoms with E-state index in [4.69, 9.17) is 5.10 Å². The minimum Gasteiger partial charge on any atom is -0.369 e. The van der Waals surface area contributed by atoms with Crippen molar-refractivity contribution in [3.63, 3.8) is 0 Å². The molecule has 1 atom stereocenters. The number of anilines is 2. The molecule has 7 rings (SSSR count). The first-order valence-electron chi connectivity index (χ1n) is 14.3. The number of rotatable bonds is 6. The largest absolute Gasteiger partial charge is 0.369 e. The van der Waals surface area contributed by atoms with Gasteiger partial charge in [-0.3, -0.25) is 9.58 Å². The standard InChI is InChI=1S/C31H36FN5O/c1-20-6-5-9-27(32)29(20)34-16-14-24(15-17-34)36-21(2)30-28(18-33-37(30)25-12-13-25)35(31(36)38)19-23-7-3-4-8-26(23)22-10-11-22/h3-9,18,21-22,24-25H,10-17,19H2,1-2H3. The molecule has 3 aromatic rings. The summed E-state index contributed by atoms with van der Waals surface area (Å²) >= 11 is 0. The molecule has 6 nitrogen and oxygen atoms in total. The van der Waals surface area contributed by atoms with Crippen LogP contribution in [0.3, 0.4) is 0 Å². The number of nitrogens with zero attached hydrogens (tertiary/aromatic N) is 5. The van der Waals surface area contributed by atoms with Crippen molar-refractivity contribution >= 4 is 17.4 Å². The molecule has 0 radical (unpaired) electrons. The first kappa shape index (κ1) is 23.7. The van der Waals surface area contributed by atoms with Gasteiger partial charge in [-0.25, -0.2) is 9.18 Å². The number of aryl methyl sites for hydroxylation is 1. The quantitative estimate of drug-likeness (QED) is 0.368. The number of amides is 2. The SMILES string of the molecule is Cc1cccc(F)c1N1CCC(N2C(=O)N(Cc3ccccc3C3CC3)c3cnn(C4CC4)c3C2C)CC1. The number of hydrogen-bond donors (Lipinski definition) is 0. The second-order valence-electron chi connectivity index (χ2n) is 11.6. The average Bonchev–Trinajstić information content (AvgIpc) is 3.86.